The molecule has 1 N–H and O–H groups in total. The SMILES string of the molecule is COc1ccc(-c2noc(-c3ccccc3NC(=O)c3ccc(Cl)c([N+](=O)[O-])c3)n2)cc1. The average Bonchev–Trinajstić information content (AvgIpc) is 3.29. The smallest absolute Gasteiger partial charge is 0.288 e. The maximum atomic E-state index is 12.7. The second kappa shape index (κ2) is 8.86. The van der Waals surface area contributed by atoms with Gasteiger partial charge in [-0.2, -0.15) is 4.98 Å². The van der Waals surface area contributed by atoms with E-state index in [4.69, 9.17) is 20.9 Å². The number of methoxy groups -OCH3 is 1. The molecule has 9 nitrogen and oxygen atoms in total. The Balaban J connectivity index is 1.61. The molecule has 0 aliphatic heterocycles. The van der Waals surface area contributed by atoms with Crippen LogP contribution in [0.2, 0.25) is 5.02 Å². The Bertz CT molecular complexity index is 1300. The molecule has 0 aliphatic rings. The molecule has 0 saturated carbocycles. The third kappa shape index (κ3) is 4.28. The maximum Gasteiger partial charge on any atom is 0.288 e. The van der Waals surface area contributed by atoms with E-state index < -0.39 is 10.8 Å². The van der Waals surface area contributed by atoms with E-state index in [1.54, 1.807) is 55.6 Å². The molecule has 1 aromatic heterocycles. The number of rotatable bonds is 6. The predicted octanol–water partition coefficient (Wildman–Crippen LogP) is 5.23. The van der Waals surface area contributed by atoms with Gasteiger partial charge >= 0.3 is 0 Å². The fourth-order valence-electron chi connectivity index (χ4n) is 2.96. The quantitative estimate of drug-likeness (QED) is 0.315. The molecule has 0 spiro atoms. The summed E-state index contributed by atoms with van der Waals surface area (Å²) in [7, 11) is 1.58. The zero-order valence-electron chi connectivity index (χ0n) is 16.6. The third-order valence-corrected chi connectivity index (χ3v) is 4.90. The summed E-state index contributed by atoms with van der Waals surface area (Å²) in [6.07, 6.45) is 0. The van der Waals surface area contributed by atoms with Crippen LogP contribution in [0.3, 0.4) is 0 Å². The number of benzene rings is 3. The number of halogens is 1. The monoisotopic (exact) mass is 450 g/mol. The molecule has 0 fully saturated rings. The summed E-state index contributed by atoms with van der Waals surface area (Å²) in [5.74, 6) is 0.728. The topological polar surface area (TPSA) is 120 Å². The molecule has 3 aromatic carbocycles. The number of carbonyl (C=O) groups is 1. The van der Waals surface area contributed by atoms with E-state index in [1.165, 1.54) is 12.1 Å². The van der Waals surface area contributed by atoms with Crippen LogP contribution >= 0.6 is 11.6 Å². The molecule has 10 heteroatoms. The first-order chi connectivity index (χ1) is 15.5. The molecule has 4 aromatic rings. The average molecular weight is 451 g/mol. The lowest BCUT2D eigenvalue weighted by Gasteiger charge is -2.08. The van der Waals surface area contributed by atoms with Gasteiger partial charge in [-0.3, -0.25) is 14.9 Å². The van der Waals surface area contributed by atoms with Gasteiger partial charge in [0.15, 0.2) is 0 Å². The first-order valence-corrected chi connectivity index (χ1v) is 9.67. The minimum atomic E-state index is -0.647. The molecular weight excluding hydrogens is 436 g/mol. The van der Waals surface area contributed by atoms with Crippen molar-refractivity contribution in [3.05, 3.63) is 87.4 Å². The van der Waals surface area contributed by atoms with E-state index in [2.05, 4.69) is 15.5 Å². The van der Waals surface area contributed by atoms with Crippen molar-refractivity contribution < 1.29 is 19.0 Å². The van der Waals surface area contributed by atoms with Crippen molar-refractivity contribution in [2.45, 2.75) is 0 Å². The number of hydrogen-bond acceptors (Lipinski definition) is 7. The number of anilines is 1. The molecule has 0 aliphatic carbocycles. The largest absolute Gasteiger partial charge is 0.497 e. The molecule has 0 atom stereocenters. The highest BCUT2D eigenvalue weighted by Gasteiger charge is 2.19. The van der Waals surface area contributed by atoms with Crippen LogP contribution in [0.25, 0.3) is 22.8 Å². The van der Waals surface area contributed by atoms with Gasteiger partial charge in [-0.25, -0.2) is 0 Å². The first-order valence-electron chi connectivity index (χ1n) is 9.29. The van der Waals surface area contributed by atoms with Gasteiger partial charge in [-0.1, -0.05) is 28.9 Å². The second-order valence-electron chi connectivity index (χ2n) is 6.57. The molecule has 0 unspecified atom stereocenters. The zero-order chi connectivity index (χ0) is 22.7. The Kier molecular flexibility index (Phi) is 5.82. The Morgan fingerprint density at radius 2 is 1.88 bits per heavy atom. The van der Waals surface area contributed by atoms with Crippen molar-refractivity contribution in [2.75, 3.05) is 12.4 Å². The highest BCUT2D eigenvalue weighted by atomic mass is 35.5. The summed E-state index contributed by atoms with van der Waals surface area (Å²) in [5.41, 5.74) is 1.36. The molecule has 4 rings (SSSR count). The lowest BCUT2D eigenvalue weighted by atomic mass is 10.1. The van der Waals surface area contributed by atoms with E-state index in [0.717, 1.165) is 11.6 Å². The van der Waals surface area contributed by atoms with Gasteiger partial charge in [0.05, 0.1) is 23.3 Å². The van der Waals surface area contributed by atoms with E-state index in [1.807, 2.05) is 0 Å². The van der Waals surface area contributed by atoms with Crippen LogP contribution in [-0.2, 0) is 0 Å². The highest BCUT2D eigenvalue weighted by molar-refractivity contribution is 6.32. The number of nitrogens with one attached hydrogen (secondary N) is 1. The van der Waals surface area contributed by atoms with Crippen LogP contribution in [0.1, 0.15) is 10.4 Å². The van der Waals surface area contributed by atoms with Crippen LogP contribution in [0, 0.1) is 10.1 Å². The number of nitrogens with zero attached hydrogens (tertiary/aromatic N) is 3. The molecular formula is C22H15ClN4O5. The van der Waals surface area contributed by atoms with Crippen molar-refractivity contribution in [3.8, 4) is 28.6 Å². The highest BCUT2D eigenvalue weighted by Crippen LogP contribution is 2.30. The van der Waals surface area contributed by atoms with Crippen molar-refractivity contribution in [1.82, 2.24) is 10.1 Å². The minimum Gasteiger partial charge on any atom is -0.497 e. The Hall–Kier alpha value is -4.24. The number of ether oxygens (including phenoxy) is 1. The summed E-state index contributed by atoms with van der Waals surface area (Å²) in [6.45, 7) is 0. The van der Waals surface area contributed by atoms with Gasteiger partial charge in [0, 0.05) is 17.2 Å². The Morgan fingerprint density at radius 3 is 2.59 bits per heavy atom. The molecule has 0 saturated heterocycles. The predicted molar refractivity (Wildman–Crippen MR) is 118 cm³/mol. The molecule has 32 heavy (non-hydrogen) atoms. The van der Waals surface area contributed by atoms with Crippen molar-refractivity contribution >= 4 is 28.9 Å². The second-order valence-corrected chi connectivity index (χ2v) is 6.98. The van der Waals surface area contributed by atoms with Crippen LogP contribution in [0.15, 0.2) is 71.3 Å². The van der Waals surface area contributed by atoms with Gasteiger partial charge in [0.2, 0.25) is 5.82 Å². The van der Waals surface area contributed by atoms with Gasteiger partial charge in [-0.15, -0.1) is 0 Å². The van der Waals surface area contributed by atoms with E-state index in [9.17, 15) is 14.9 Å². The fraction of sp³-hybridized carbons (Fsp3) is 0.0455. The minimum absolute atomic E-state index is 0.0520. The lowest BCUT2D eigenvalue weighted by Crippen LogP contribution is -2.13. The molecule has 0 bridgehead atoms. The summed E-state index contributed by atoms with van der Waals surface area (Å²) in [4.78, 5) is 27.6. The van der Waals surface area contributed by atoms with Gasteiger partial charge in [-0.05, 0) is 48.5 Å². The lowest BCUT2D eigenvalue weighted by molar-refractivity contribution is -0.384. The standard InChI is InChI=1S/C22H15ClN4O5/c1-31-15-9-6-13(7-10-15)20-25-22(32-26-20)16-4-2-3-5-18(16)24-21(28)14-8-11-17(23)19(12-14)27(29)30/h2-12H,1H3,(H,24,28). The molecule has 160 valence electrons. The summed E-state index contributed by atoms with van der Waals surface area (Å²) in [6, 6.07) is 17.9. The van der Waals surface area contributed by atoms with Crippen molar-refractivity contribution in [3.63, 3.8) is 0 Å². The number of nitro benzene ring substituents is 1. The van der Waals surface area contributed by atoms with Crippen LogP contribution in [0.4, 0.5) is 11.4 Å². The van der Waals surface area contributed by atoms with Crippen molar-refractivity contribution in [1.29, 1.82) is 0 Å². The maximum absolute atomic E-state index is 12.7. The molecule has 0 radical (unpaired) electrons. The number of amides is 1. The fourth-order valence-corrected chi connectivity index (χ4v) is 3.14. The van der Waals surface area contributed by atoms with Crippen LogP contribution < -0.4 is 10.1 Å². The summed E-state index contributed by atoms with van der Waals surface area (Å²) >= 11 is 5.82. The van der Waals surface area contributed by atoms with Gasteiger partial charge in [0.1, 0.15) is 10.8 Å². The van der Waals surface area contributed by atoms with Gasteiger partial charge < -0.3 is 14.6 Å². The molecule has 1 heterocycles. The number of hydrogen-bond donors (Lipinski definition) is 1. The van der Waals surface area contributed by atoms with Gasteiger partial charge in [0.25, 0.3) is 17.5 Å². The molecule has 1 amide bonds. The number of nitro groups is 1. The number of para-hydroxylation sites is 1. The van der Waals surface area contributed by atoms with Crippen molar-refractivity contribution in [2.24, 2.45) is 0 Å². The first kappa shape index (κ1) is 21.0. The Labute approximate surface area is 186 Å². The summed E-state index contributed by atoms with van der Waals surface area (Å²) in [5, 5.41) is 17.8. The zero-order valence-corrected chi connectivity index (χ0v) is 17.4. The third-order valence-electron chi connectivity index (χ3n) is 4.58. The van der Waals surface area contributed by atoms with E-state index in [-0.39, 0.29) is 22.2 Å². The van der Waals surface area contributed by atoms with Crippen LogP contribution in [0.5, 0.6) is 5.75 Å². The van der Waals surface area contributed by atoms with Crippen LogP contribution in [-0.4, -0.2) is 28.1 Å². The normalized spacial score (nSPS) is 10.6. The van der Waals surface area contributed by atoms with E-state index >= 15 is 0 Å². The number of carbonyl (C=O) groups excluding carboxylic acids is 1. The summed E-state index contributed by atoms with van der Waals surface area (Å²) < 4.78 is 10.6. The Morgan fingerprint density at radius 1 is 1.12 bits per heavy atom. The van der Waals surface area contributed by atoms with E-state index in [0.29, 0.717) is 22.8 Å². The number of aromatic nitrogens is 2.